The van der Waals surface area contributed by atoms with Gasteiger partial charge in [-0.2, -0.15) is 0 Å². The molecule has 3 N–H and O–H groups in total. The number of carbonyl (C=O) groups is 3. The lowest BCUT2D eigenvalue weighted by atomic mass is 9.86. The van der Waals surface area contributed by atoms with Gasteiger partial charge in [0.15, 0.2) is 0 Å². The summed E-state index contributed by atoms with van der Waals surface area (Å²) in [5, 5.41) is 16.0. The van der Waals surface area contributed by atoms with Crippen molar-refractivity contribution in [3.8, 4) is 0 Å². The van der Waals surface area contributed by atoms with Gasteiger partial charge in [0, 0.05) is 17.2 Å². The Labute approximate surface area is 227 Å². The van der Waals surface area contributed by atoms with Crippen molar-refractivity contribution in [2.75, 3.05) is 7.11 Å². The Morgan fingerprint density at radius 2 is 1.65 bits per heavy atom. The maximum absolute atomic E-state index is 12.7. The van der Waals surface area contributed by atoms with Crippen LogP contribution in [0.2, 0.25) is 0 Å². The monoisotopic (exact) mass is 534 g/mol. The number of nitrogens with one attached hydrogen (secondary N) is 2. The Morgan fingerprint density at radius 1 is 0.973 bits per heavy atom. The van der Waals surface area contributed by atoms with Crippen LogP contribution in [0.4, 0.5) is 0 Å². The van der Waals surface area contributed by atoms with E-state index in [0.717, 1.165) is 24.8 Å². The zero-order valence-electron chi connectivity index (χ0n) is 22.9. The first-order valence-electron chi connectivity index (χ1n) is 12.4. The van der Waals surface area contributed by atoms with E-state index >= 15 is 0 Å². The molecule has 0 unspecified atom stereocenters. The number of aliphatic hydroxyl groups excluding tert-OH is 1. The Kier molecular flexibility index (Phi) is 17.7. The summed E-state index contributed by atoms with van der Waals surface area (Å²) >= 11 is 5.76. The van der Waals surface area contributed by atoms with Gasteiger partial charge >= 0.3 is 5.97 Å². The molecule has 0 bridgehead atoms. The van der Waals surface area contributed by atoms with Gasteiger partial charge in [0.1, 0.15) is 6.04 Å². The number of unbranched alkanes of at least 4 members (excludes halogenated alkanes) is 2. The molecule has 0 aromatic heterocycles. The predicted molar refractivity (Wildman–Crippen MR) is 151 cm³/mol. The molecule has 0 spiro atoms. The first kappa shape index (κ1) is 34.1. The van der Waals surface area contributed by atoms with Gasteiger partial charge in [-0.3, -0.25) is 9.59 Å². The van der Waals surface area contributed by atoms with E-state index in [0.29, 0.717) is 17.9 Å². The maximum Gasteiger partial charge on any atom is 0.330 e. The molecule has 0 aliphatic rings. The highest BCUT2D eigenvalue weighted by atomic mass is 35.5. The second-order valence-electron chi connectivity index (χ2n) is 9.66. The molecule has 8 heteroatoms. The fourth-order valence-corrected chi connectivity index (χ4v) is 3.03. The molecule has 0 saturated carbocycles. The highest BCUT2D eigenvalue weighted by Gasteiger charge is 2.31. The molecule has 0 aliphatic heterocycles. The second kappa shape index (κ2) is 19.2. The average Bonchev–Trinajstić information content (AvgIpc) is 2.82. The summed E-state index contributed by atoms with van der Waals surface area (Å²) in [4.78, 5) is 36.1. The molecule has 37 heavy (non-hydrogen) atoms. The summed E-state index contributed by atoms with van der Waals surface area (Å²) in [5.74, 6) is -1.07. The number of hydrogen-bond donors (Lipinski definition) is 3. The highest BCUT2D eigenvalue weighted by Crippen LogP contribution is 2.19. The van der Waals surface area contributed by atoms with E-state index < -0.39 is 17.6 Å². The van der Waals surface area contributed by atoms with Crippen molar-refractivity contribution in [2.24, 2.45) is 5.41 Å². The van der Waals surface area contributed by atoms with Gasteiger partial charge in [-0.1, -0.05) is 80.5 Å². The van der Waals surface area contributed by atoms with E-state index in [1.54, 1.807) is 37.3 Å². The van der Waals surface area contributed by atoms with E-state index in [1.807, 2.05) is 33.8 Å². The van der Waals surface area contributed by atoms with Gasteiger partial charge in [-0.15, -0.1) is 0 Å². The van der Waals surface area contributed by atoms with Crippen molar-refractivity contribution in [1.82, 2.24) is 10.6 Å². The third-order valence-corrected chi connectivity index (χ3v) is 5.21. The molecular weight excluding hydrogens is 492 g/mol. The van der Waals surface area contributed by atoms with Crippen LogP contribution in [0, 0.1) is 5.41 Å². The summed E-state index contributed by atoms with van der Waals surface area (Å²) in [6, 6.07) is -0.750. The van der Waals surface area contributed by atoms with Crippen molar-refractivity contribution < 1.29 is 24.2 Å². The molecule has 0 rings (SSSR count). The highest BCUT2D eigenvalue weighted by molar-refractivity contribution is 6.29. The van der Waals surface area contributed by atoms with Gasteiger partial charge in [0.2, 0.25) is 11.8 Å². The van der Waals surface area contributed by atoms with Crippen LogP contribution in [0.25, 0.3) is 0 Å². The van der Waals surface area contributed by atoms with Gasteiger partial charge in [-0.25, -0.2) is 4.79 Å². The lowest BCUT2D eigenvalue weighted by molar-refractivity contribution is -0.134. The summed E-state index contributed by atoms with van der Waals surface area (Å²) in [6.45, 7) is 9.32. The molecule has 0 aromatic carbocycles. The molecule has 2 atom stereocenters. The number of halogens is 1. The Bertz CT molecular complexity index is 904. The normalized spacial score (nSPS) is 15.0. The number of methoxy groups -OCH3 is 1. The zero-order chi connectivity index (χ0) is 28.3. The van der Waals surface area contributed by atoms with Crippen LogP contribution in [0.5, 0.6) is 0 Å². The van der Waals surface area contributed by atoms with Crippen molar-refractivity contribution in [3.63, 3.8) is 0 Å². The number of rotatable bonds is 15. The van der Waals surface area contributed by atoms with Gasteiger partial charge in [0.05, 0.1) is 13.2 Å². The lowest BCUT2D eigenvalue weighted by Gasteiger charge is -2.29. The van der Waals surface area contributed by atoms with Gasteiger partial charge in [0.25, 0.3) is 0 Å². The third kappa shape index (κ3) is 19.0. The topological polar surface area (TPSA) is 105 Å². The van der Waals surface area contributed by atoms with Crippen LogP contribution in [0.15, 0.2) is 71.5 Å². The van der Waals surface area contributed by atoms with E-state index in [1.165, 1.54) is 25.5 Å². The minimum Gasteiger partial charge on any atom is -0.466 e. The van der Waals surface area contributed by atoms with Crippen molar-refractivity contribution in [2.45, 2.75) is 78.9 Å². The SMILES string of the molecule is COC(=O)/C=C/CCC/C=C(C)/C=C\C=C/C(=O)N[C@H](C(=O)N/C=C\C[C@@H](O)C/C=C(\C)Cl)C(C)(C)C. The Hall–Kier alpha value is -2.90. The summed E-state index contributed by atoms with van der Waals surface area (Å²) in [6.07, 6.45) is 19.6. The lowest BCUT2D eigenvalue weighted by Crippen LogP contribution is -2.52. The standard InChI is InChI=1S/C29H43ClN2O5/c1-22(14-9-7-8-10-18-26(35)37-6)15-11-12-17-25(34)32-27(29(3,4)5)28(36)31-21-13-16-24(33)20-19-23(2)30/h10-15,17-19,21,24,27,33H,7-9,16,20H2,1-6H3,(H,31,36)(H,32,34)/b15-11-,17-12-,18-10+,21-13-,22-14+,23-19+/t24-,27-/m1/s1. The van der Waals surface area contributed by atoms with Crippen LogP contribution in [-0.4, -0.2) is 42.1 Å². The molecule has 0 aliphatic carbocycles. The molecular formula is C29H43ClN2O5. The van der Waals surface area contributed by atoms with E-state index in [2.05, 4.69) is 21.4 Å². The minimum atomic E-state index is -0.750. The smallest absolute Gasteiger partial charge is 0.330 e. The molecule has 2 amide bonds. The van der Waals surface area contributed by atoms with Crippen LogP contribution < -0.4 is 10.6 Å². The Morgan fingerprint density at radius 3 is 2.27 bits per heavy atom. The fraction of sp³-hybridized carbons (Fsp3) is 0.483. The second-order valence-corrected chi connectivity index (χ2v) is 10.3. The third-order valence-electron chi connectivity index (χ3n) is 5.05. The number of amides is 2. The fourth-order valence-electron chi connectivity index (χ4n) is 2.94. The van der Waals surface area contributed by atoms with E-state index in [9.17, 15) is 19.5 Å². The molecule has 0 radical (unpaired) electrons. The molecule has 0 heterocycles. The molecule has 0 aromatic rings. The number of allylic oxidation sites excluding steroid dienone is 7. The first-order valence-corrected chi connectivity index (χ1v) is 12.8. The Balaban J connectivity index is 4.69. The molecule has 0 saturated heterocycles. The maximum atomic E-state index is 12.7. The summed E-state index contributed by atoms with van der Waals surface area (Å²) in [7, 11) is 1.35. The van der Waals surface area contributed by atoms with Crippen molar-refractivity contribution >= 4 is 29.4 Å². The zero-order valence-corrected chi connectivity index (χ0v) is 23.7. The molecule has 0 fully saturated rings. The van der Waals surface area contributed by atoms with Crippen LogP contribution in [0.1, 0.15) is 66.7 Å². The first-order chi connectivity index (χ1) is 17.4. The number of ether oxygens (including phenoxy) is 1. The van der Waals surface area contributed by atoms with E-state index in [4.69, 9.17) is 11.6 Å². The molecule has 7 nitrogen and oxygen atoms in total. The van der Waals surface area contributed by atoms with E-state index in [-0.39, 0.29) is 17.8 Å². The van der Waals surface area contributed by atoms with Crippen LogP contribution in [-0.2, 0) is 19.1 Å². The summed E-state index contributed by atoms with van der Waals surface area (Å²) < 4.78 is 4.54. The quantitative estimate of drug-likeness (QED) is 0.113. The van der Waals surface area contributed by atoms with Crippen molar-refractivity contribution in [3.05, 3.63) is 71.5 Å². The predicted octanol–water partition coefficient (Wildman–Crippen LogP) is 5.39. The minimum absolute atomic E-state index is 0.341. The molecule has 206 valence electrons. The number of carbonyl (C=O) groups excluding carboxylic acids is 3. The average molecular weight is 535 g/mol. The van der Waals surface area contributed by atoms with Gasteiger partial charge in [-0.05, 0) is 57.6 Å². The number of aliphatic hydroxyl groups is 1. The largest absolute Gasteiger partial charge is 0.466 e. The van der Waals surface area contributed by atoms with Crippen molar-refractivity contribution in [1.29, 1.82) is 0 Å². The van der Waals surface area contributed by atoms with Gasteiger partial charge < -0.3 is 20.5 Å². The number of hydrogen-bond acceptors (Lipinski definition) is 5. The van der Waals surface area contributed by atoms with Crippen LogP contribution >= 0.6 is 11.6 Å². The summed E-state index contributed by atoms with van der Waals surface area (Å²) in [5.41, 5.74) is 0.546. The van der Waals surface area contributed by atoms with Crippen LogP contribution in [0.3, 0.4) is 0 Å². The number of esters is 1.